The zero-order valence-electron chi connectivity index (χ0n) is 19.0. The first-order valence-corrected chi connectivity index (χ1v) is 11.9. The van der Waals surface area contributed by atoms with Crippen LogP contribution in [0.4, 0.5) is 10.5 Å². The van der Waals surface area contributed by atoms with Gasteiger partial charge in [0.2, 0.25) is 0 Å². The van der Waals surface area contributed by atoms with Gasteiger partial charge in [0.1, 0.15) is 23.7 Å². The van der Waals surface area contributed by atoms with Gasteiger partial charge in [-0.15, -0.1) is 0 Å². The Morgan fingerprint density at radius 1 is 0.914 bits per heavy atom. The third kappa shape index (κ3) is 5.78. The average Bonchev–Trinajstić information content (AvgIpc) is 2.86. The van der Waals surface area contributed by atoms with E-state index in [0.717, 1.165) is 21.4 Å². The van der Waals surface area contributed by atoms with Crippen molar-refractivity contribution in [2.45, 2.75) is 20.0 Å². The maximum absolute atomic E-state index is 13.2. The summed E-state index contributed by atoms with van der Waals surface area (Å²) in [5.41, 5.74) is 1.66. The summed E-state index contributed by atoms with van der Waals surface area (Å²) < 4.78 is 12.5. The number of barbiturate groups is 1. The minimum absolute atomic E-state index is 0.171. The summed E-state index contributed by atoms with van der Waals surface area (Å²) in [6.45, 7) is 2.87. The predicted octanol–water partition coefficient (Wildman–Crippen LogP) is 5.48. The van der Waals surface area contributed by atoms with E-state index in [1.165, 1.54) is 6.08 Å². The molecule has 0 saturated carbocycles. The van der Waals surface area contributed by atoms with Gasteiger partial charge in [-0.05, 0) is 60.5 Å². The van der Waals surface area contributed by atoms with E-state index in [1.807, 2.05) is 31.2 Å². The van der Waals surface area contributed by atoms with Crippen LogP contribution in [0.5, 0.6) is 11.5 Å². The molecule has 0 bridgehead atoms. The molecule has 1 fully saturated rings. The number of rotatable bonds is 8. The molecule has 1 saturated heterocycles. The molecule has 4 amide bonds. The van der Waals surface area contributed by atoms with Crippen LogP contribution in [0.3, 0.4) is 0 Å². The Morgan fingerprint density at radius 3 is 2.34 bits per heavy atom. The van der Waals surface area contributed by atoms with E-state index in [2.05, 4.69) is 21.2 Å². The van der Waals surface area contributed by atoms with Gasteiger partial charge in [-0.2, -0.15) is 0 Å². The fourth-order valence-corrected chi connectivity index (χ4v) is 3.70. The van der Waals surface area contributed by atoms with Gasteiger partial charge < -0.3 is 9.47 Å². The van der Waals surface area contributed by atoms with Crippen molar-refractivity contribution in [3.05, 3.63) is 94.0 Å². The van der Waals surface area contributed by atoms with Crippen LogP contribution < -0.4 is 19.7 Å². The van der Waals surface area contributed by atoms with Gasteiger partial charge in [0, 0.05) is 10.0 Å². The van der Waals surface area contributed by atoms with Crippen LogP contribution in [0.15, 0.2) is 82.8 Å². The molecule has 0 atom stereocenters. The third-order valence-electron chi connectivity index (χ3n) is 5.20. The van der Waals surface area contributed by atoms with Crippen LogP contribution >= 0.6 is 15.9 Å². The molecule has 0 aliphatic carbocycles. The average molecular weight is 535 g/mol. The number of benzene rings is 3. The fraction of sp³-hybridized carbons (Fsp3) is 0.148. The molecule has 1 aliphatic heterocycles. The second kappa shape index (κ2) is 11.0. The number of carbonyl (C=O) groups excluding carboxylic acids is 3. The highest BCUT2D eigenvalue weighted by Gasteiger charge is 2.37. The van der Waals surface area contributed by atoms with Gasteiger partial charge in [0.25, 0.3) is 11.8 Å². The monoisotopic (exact) mass is 534 g/mol. The minimum Gasteiger partial charge on any atom is -0.494 e. The number of ether oxygens (including phenoxy) is 2. The molecule has 3 aromatic carbocycles. The third-order valence-corrected chi connectivity index (χ3v) is 5.72. The molecule has 8 heteroatoms. The number of hydrogen-bond acceptors (Lipinski definition) is 5. The van der Waals surface area contributed by atoms with E-state index >= 15 is 0 Å². The molecule has 0 spiro atoms. The molecule has 7 nitrogen and oxygen atoms in total. The van der Waals surface area contributed by atoms with Crippen molar-refractivity contribution in [1.29, 1.82) is 0 Å². The van der Waals surface area contributed by atoms with E-state index in [-0.39, 0.29) is 5.57 Å². The van der Waals surface area contributed by atoms with Crippen molar-refractivity contribution >= 4 is 45.5 Å². The lowest BCUT2D eigenvalue weighted by molar-refractivity contribution is -0.122. The molecule has 3 aromatic rings. The van der Waals surface area contributed by atoms with E-state index in [9.17, 15) is 14.4 Å². The molecule has 0 radical (unpaired) electrons. The van der Waals surface area contributed by atoms with Crippen molar-refractivity contribution in [3.8, 4) is 11.5 Å². The highest BCUT2D eigenvalue weighted by Crippen LogP contribution is 2.27. The molecular formula is C27H23BrN2O5. The lowest BCUT2D eigenvalue weighted by Crippen LogP contribution is -2.54. The highest BCUT2D eigenvalue weighted by atomic mass is 79.9. The van der Waals surface area contributed by atoms with Crippen LogP contribution in [-0.4, -0.2) is 24.5 Å². The molecule has 0 unspecified atom stereocenters. The number of para-hydroxylation sites is 1. The Balaban J connectivity index is 1.58. The predicted molar refractivity (Wildman–Crippen MR) is 136 cm³/mol. The second-order valence-corrected chi connectivity index (χ2v) is 8.67. The zero-order chi connectivity index (χ0) is 24.8. The second-order valence-electron chi connectivity index (χ2n) is 7.75. The summed E-state index contributed by atoms with van der Waals surface area (Å²) in [6.07, 6.45) is 2.30. The van der Waals surface area contributed by atoms with Crippen molar-refractivity contribution < 1.29 is 23.9 Å². The van der Waals surface area contributed by atoms with Crippen molar-refractivity contribution in [3.63, 3.8) is 0 Å². The number of carbonyl (C=O) groups is 3. The first kappa shape index (κ1) is 24.2. The van der Waals surface area contributed by atoms with E-state index in [4.69, 9.17) is 9.47 Å². The van der Waals surface area contributed by atoms with Gasteiger partial charge in [0.05, 0.1) is 12.3 Å². The van der Waals surface area contributed by atoms with Gasteiger partial charge in [-0.1, -0.05) is 53.2 Å². The summed E-state index contributed by atoms with van der Waals surface area (Å²) in [6, 6.07) is 20.6. The van der Waals surface area contributed by atoms with Gasteiger partial charge in [-0.3, -0.25) is 14.9 Å². The van der Waals surface area contributed by atoms with Crippen LogP contribution in [0.25, 0.3) is 6.08 Å². The van der Waals surface area contributed by atoms with E-state index in [0.29, 0.717) is 36.0 Å². The fourth-order valence-electron chi connectivity index (χ4n) is 3.43. The van der Waals surface area contributed by atoms with Crippen LogP contribution in [0.1, 0.15) is 24.5 Å². The van der Waals surface area contributed by atoms with E-state index in [1.54, 1.807) is 48.5 Å². The Labute approximate surface area is 211 Å². The standard InChI is InChI=1S/C27H23BrN2O5/c1-2-15-34-22-13-11-21(12-14-22)30-26(32)23(25(31)29-27(30)33)16-19-5-3-4-6-24(19)35-17-18-7-9-20(28)10-8-18/h3-14,16H,2,15,17H2,1H3,(H,29,31,33)/b23-16-. The number of halogens is 1. The Bertz CT molecular complexity index is 1270. The first-order chi connectivity index (χ1) is 17.0. The topological polar surface area (TPSA) is 84.9 Å². The summed E-state index contributed by atoms with van der Waals surface area (Å²) >= 11 is 3.41. The molecule has 178 valence electrons. The van der Waals surface area contributed by atoms with Crippen LogP contribution in [0.2, 0.25) is 0 Å². The smallest absolute Gasteiger partial charge is 0.335 e. The highest BCUT2D eigenvalue weighted by molar-refractivity contribution is 9.10. The summed E-state index contributed by atoms with van der Waals surface area (Å²) in [4.78, 5) is 39.2. The molecule has 4 rings (SSSR count). The number of anilines is 1. The SMILES string of the molecule is CCCOc1ccc(N2C(=O)NC(=O)/C(=C/c3ccccc3OCc3ccc(Br)cc3)C2=O)cc1. The van der Waals surface area contributed by atoms with Crippen LogP contribution in [0, 0.1) is 0 Å². The Kier molecular flexibility index (Phi) is 7.62. The number of nitrogens with one attached hydrogen (secondary N) is 1. The molecule has 1 heterocycles. The van der Waals surface area contributed by atoms with Gasteiger partial charge >= 0.3 is 6.03 Å². The molecule has 0 aromatic heterocycles. The van der Waals surface area contributed by atoms with Crippen molar-refractivity contribution in [2.75, 3.05) is 11.5 Å². The van der Waals surface area contributed by atoms with E-state index < -0.39 is 17.8 Å². The van der Waals surface area contributed by atoms with Crippen molar-refractivity contribution in [1.82, 2.24) is 5.32 Å². The minimum atomic E-state index is -0.806. The largest absolute Gasteiger partial charge is 0.494 e. The Hall–Kier alpha value is -3.91. The maximum atomic E-state index is 13.2. The number of imide groups is 2. The van der Waals surface area contributed by atoms with Crippen molar-refractivity contribution in [2.24, 2.45) is 0 Å². The first-order valence-electron chi connectivity index (χ1n) is 11.1. The summed E-state index contributed by atoms with van der Waals surface area (Å²) in [7, 11) is 0. The number of amides is 4. The number of hydrogen-bond donors (Lipinski definition) is 1. The van der Waals surface area contributed by atoms with Gasteiger partial charge in [-0.25, -0.2) is 9.69 Å². The quantitative estimate of drug-likeness (QED) is 0.305. The molecule has 1 N–H and O–H groups in total. The molecular weight excluding hydrogens is 512 g/mol. The number of urea groups is 1. The molecule has 1 aliphatic rings. The normalized spacial score (nSPS) is 14.7. The van der Waals surface area contributed by atoms with Gasteiger partial charge in [0.15, 0.2) is 0 Å². The zero-order valence-corrected chi connectivity index (χ0v) is 20.6. The maximum Gasteiger partial charge on any atom is 0.335 e. The summed E-state index contributed by atoms with van der Waals surface area (Å²) in [5.74, 6) is -0.348. The Morgan fingerprint density at radius 2 is 1.63 bits per heavy atom. The summed E-state index contributed by atoms with van der Waals surface area (Å²) in [5, 5.41) is 2.24. The lowest BCUT2D eigenvalue weighted by Gasteiger charge is -2.26. The van der Waals surface area contributed by atoms with Crippen LogP contribution in [-0.2, 0) is 16.2 Å². The number of nitrogens with zero attached hydrogens (tertiary/aromatic N) is 1. The molecule has 35 heavy (non-hydrogen) atoms. The lowest BCUT2D eigenvalue weighted by atomic mass is 10.1.